The van der Waals surface area contributed by atoms with Crippen molar-refractivity contribution in [3.63, 3.8) is 0 Å². The number of hydrogen-bond donors (Lipinski definition) is 2. The number of rotatable bonds is 7. The molecule has 3 rings (SSSR count). The number of para-hydroxylation sites is 1. The van der Waals surface area contributed by atoms with Gasteiger partial charge in [-0.05, 0) is 18.6 Å². The highest BCUT2D eigenvalue weighted by Gasteiger charge is 2.14. The number of aromatic nitrogens is 2. The van der Waals surface area contributed by atoms with Gasteiger partial charge in [-0.3, -0.25) is 9.69 Å². The molecule has 2 heterocycles. The van der Waals surface area contributed by atoms with Crippen molar-refractivity contribution in [3.8, 4) is 0 Å². The zero-order valence-electron chi connectivity index (χ0n) is 13.6. The van der Waals surface area contributed by atoms with Gasteiger partial charge in [-0.1, -0.05) is 12.1 Å². The Morgan fingerprint density at radius 2 is 2.04 bits per heavy atom. The summed E-state index contributed by atoms with van der Waals surface area (Å²) in [6.07, 6.45) is 0.711. The Hall–Kier alpha value is -2.25. The van der Waals surface area contributed by atoms with Crippen LogP contribution in [0.2, 0.25) is 0 Å². The van der Waals surface area contributed by atoms with E-state index in [9.17, 15) is 4.79 Å². The smallest absolute Gasteiger partial charge is 0.303 e. The lowest BCUT2D eigenvalue weighted by Crippen LogP contribution is -2.36. The van der Waals surface area contributed by atoms with E-state index in [1.165, 1.54) is 0 Å². The van der Waals surface area contributed by atoms with Crippen LogP contribution in [0.4, 0.5) is 5.82 Å². The monoisotopic (exact) mass is 330 g/mol. The van der Waals surface area contributed by atoms with E-state index >= 15 is 0 Å². The highest BCUT2D eigenvalue weighted by molar-refractivity contribution is 5.88. The molecule has 1 aromatic carbocycles. The molecule has 7 nitrogen and oxygen atoms in total. The van der Waals surface area contributed by atoms with Gasteiger partial charge < -0.3 is 15.2 Å². The van der Waals surface area contributed by atoms with Crippen LogP contribution < -0.4 is 5.32 Å². The summed E-state index contributed by atoms with van der Waals surface area (Å²) in [4.78, 5) is 22.2. The summed E-state index contributed by atoms with van der Waals surface area (Å²) in [6, 6.07) is 7.87. The normalized spacial score (nSPS) is 15.5. The third kappa shape index (κ3) is 4.39. The number of carbonyl (C=O) groups is 1. The fourth-order valence-electron chi connectivity index (χ4n) is 2.74. The fourth-order valence-corrected chi connectivity index (χ4v) is 2.74. The second kappa shape index (κ2) is 8.03. The first-order valence-corrected chi connectivity index (χ1v) is 8.24. The van der Waals surface area contributed by atoms with Crippen LogP contribution in [-0.2, 0) is 16.1 Å². The van der Waals surface area contributed by atoms with Gasteiger partial charge in [0, 0.05) is 31.4 Å². The van der Waals surface area contributed by atoms with Gasteiger partial charge >= 0.3 is 5.97 Å². The number of carboxylic acids is 1. The van der Waals surface area contributed by atoms with Gasteiger partial charge in [-0.15, -0.1) is 0 Å². The minimum Gasteiger partial charge on any atom is -0.481 e. The molecule has 0 radical (unpaired) electrons. The number of fused-ring (bicyclic) bond motifs is 1. The number of nitrogens with one attached hydrogen (secondary N) is 1. The zero-order valence-corrected chi connectivity index (χ0v) is 13.6. The van der Waals surface area contributed by atoms with Gasteiger partial charge in [0.2, 0.25) is 0 Å². The molecule has 0 bridgehead atoms. The molecule has 0 atom stereocenters. The first kappa shape index (κ1) is 16.6. The first-order chi connectivity index (χ1) is 11.7. The summed E-state index contributed by atoms with van der Waals surface area (Å²) in [5.41, 5.74) is 0.900. The van der Waals surface area contributed by atoms with E-state index in [4.69, 9.17) is 9.84 Å². The van der Waals surface area contributed by atoms with Crippen LogP contribution in [0.25, 0.3) is 10.9 Å². The van der Waals surface area contributed by atoms with Crippen LogP contribution >= 0.6 is 0 Å². The Bertz CT molecular complexity index is 701. The average Bonchev–Trinajstić information content (AvgIpc) is 2.59. The molecule has 24 heavy (non-hydrogen) atoms. The minimum absolute atomic E-state index is 0.149. The lowest BCUT2D eigenvalue weighted by molar-refractivity contribution is -0.137. The highest BCUT2D eigenvalue weighted by Crippen LogP contribution is 2.21. The molecule has 0 spiro atoms. The van der Waals surface area contributed by atoms with Crippen molar-refractivity contribution in [2.45, 2.75) is 19.4 Å². The number of anilines is 1. The van der Waals surface area contributed by atoms with E-state index < -0.39 is 5.97 Å². The molecule has 2 N–H and O–H groups in total. The predicted octanol–water partition coefficient (Wildman–Crippen LogP) is 1.74. The van der Waals surface area contributed by atoms with Crippen molar-refractivity contribution in [2.75, 3.05) is 38.2 Å². The van der Waals surface area contributed by atoms with Crippen molar-refractivity contribution in [2.24, 2.45) is 0 Å². The molecular formula is C17H22N4O3. The number of carboxylic acid groups (broad SMARTS) is 1. The van der Waals surface area contributed by atoms with Crippen LogP contribution in [0, 0.1) is 0 Å². The van der Waals surface area contributed by atoms with E-state index in [0.717, 1.165) is 48.8 Å². The molecule has 0 aliphatic carbocycles. The molecule has 0 unspecified atom stereocenters. The lowest BCUT2D eigenvalue weighted by atomic mass is 10.2. The topological polar surface area (TPSA) is 87.6 Å². The SMILES string of the molecule is O=C(O)CCCNc1nc(CN2CCOCC2)nc2ccccc12. The van der Waals surface area contributed by atoms with Crippen molar-refractivity contribution in [3.05, 3.63) is 30.1 Å². The second-order valence-electron chi connectivity index (χ2n) is 5.82. The number of morpholine rings is 1. The molecule has 0 amide bonds. The zero-order chi connectivity index (χ0) is 16.8. The minimum atomic E-state index is -0.780. The van der Waals surface area contributed by atoms with E-state index in [0.29, 0.717) is 19.5 Å². The van der Waals surface area contributed by atoms with Gasteiger partial charge in [-0.25, -0.2) is 9.97 Å². The summed E-state index contributed by atoms with van der Waals surface area (Å²) in [5, 5.41) is 13.0. The van der Waals surface area contributed by atoms with Crippen LogP contribution in [-0.4, -0.2) is 58.8 Å². The number of hydrogen-bond acceptors (Lipinski definition) is 6. The molecule has 128 valence electrons. The Balaban J connectivity index is 1.75. The Labute approximate surface area is 140 Å². The molecule has 7 heteroatoms. The average molecular weight is 330 g/mol. The summed E-state index contributed by atoms with van der Waals surface area (Å²) >= 11 is 0. The van der Waals surface area contributed by atoms with Gasteiger partial charge in [0.1, 0.15) is 11.6 Å². The van der Waals surface area contributed by atoms with Crippen LogP contribution in [0.5, 0.6) is 0 Å². The van der Waals surface area contributed by atoms with Crippen molar-refractivity contribution in [1.29, 1.82) is 0 Å². The molecule has 0 saturated carbocycles. The van der Waals surface area contributed by atoms with Gasteiger partial charge in [0.15, 0.2) is 0 Å². The van der Waals surface area contributed by atoms with Crippen molar-refractivity contribution in [1.82, 2.24) is 14.9 Å². The second-order valence-corrected chi connectivity index (χ2v) is 5.82. The van der Waals surface area contributed by atoms with Gasteiger partial charge in [-0.2, -0.15) is 0 Å². The maximum absolute atomic E-state index is 10.6. The maximum atomic E-state index is 10.6. The first-order valence-electron chi connectivity index (χ1n) is 8.24. The lowest BCUT2D eigenvalue weighted by Gasteiger charge is -2.26. The molecule has 1 aliphatic rings. The van der Waals surface area contributed by atoms with E-state index in [1.807, 2.05) is 24.3 Å². The summed E-state index contributed by atoms with van der Waals surface area (Å²) in [5.74, 6) is 0.767. The highest BCUT2D eigenvalue weighted by atomic mass is 16.5. The van der Waals surface area contributed by atoms with Gasteiger partial charge in [0.25, 0.3) is 0 Å². The Morgan fingerprint density at radius 1 is 1.25 bits per heavy atom. The quantitative estimate of drug-likeness (QED) is 0.748. The van der Waals surface area contributed by atoms with Crippen LogP contribution in [0.15, 0.2) is 24.3 Å². The third-order valence-electron chi connectivity index (χ3n) is 3.98. The molecular weight excluding hydrogens is 308 g/mol. The third-order valence-corrected chi connectivity index (χ3v) is 3.98. The van der Waals surface area contributed by atoms with Crippen LogP contribution in [0.3, 0.4) is 0 Å². The largest absolute Gasteiger partial charge is 0.481 e. The standard InChI is InChI=1S/C17H22N4O3/c22-16(23)6-3-7-18-17-13-4-1-2-5-14(13)19-15(20-17)12-21-8-10-24-11-9-21/h1-2,4-5H,3,6-12H2,(H,22,23)(H,18,19,20). The Kier molecular flexibility index (Phi) is 5.55. The number of benzene rings is 1. The van der Waals surface area contributed by atoms with E-state index in [2.05, 4.69) is 20.2 Å². The molecule has 1 aromatic heterocycles. The van der Waals surface area contributed by atoms with Gasteiger partial charge in [0.05, 0.1) is 25.3 Å². The maximum Gasteiger partial charge on any atom is 0.303 e. The fraction of sp³-hybridized carbons (Fsp3) is 0.471. The van der Waals surface area contributed by atoms with E-state index in [-0.39, 0.29) is 6.42 Å². The number of ether oxygens (including phenoxy) is 1. The summed E-state index contributed by atoms with van der Waals surface area (Å²) in [7, 11) is 0. The number of aliphatic carboxylic acids is 1. The molecule has 2 aromatic rings. The summed E-state index contributed by atoms with van der Waals surface area (Å²) < 4.78 is 5.37. The predicted molar refractivity (Wildman–Crippen MR) is 91.0 cm³/mol. The number of nitrogens with zero attached hydrogens (tertiary/aromatic N) is 3. The molecule has 1 saturated heterocycles. The Morgan fingerprint density at radius 3 is 2.83 bits per heavy atom. The van der Waals surface area contributed by atoms with Crippen molar-refractivity contribution >= 4 is 22.7 Å². The molecule has 1 fully saturated rings. The summed E-state index contributed by atoms with van der Waals surface area (Å²) in [6.45, 7) is 4.53. The van der Waals surface area contributed by atoms with Crippen LogP contribution in [0.1, 0.15) is 18.7 Å². The van der Waals surface area contributed by atoms with Crippen molar-refractivity contribution < 1.29 is 14.6 Å². The molecule has 1 aliphatic heterocycles. The van der Waals surface area contributed by atoms with E-state index in [1.54, 1.807) is 0 Å².